The van der Waals surface area contributed by atoms with Crippen molar-refractivity contribution in [2.75, 3.05) is 26.3 Å². The van der Waals surface area contributed by atoms with E-state index < -0.39 is 0 Å². The number of nitrogens with zero attached hydrogens (tertiary/aromatic N) is 1. The number of hydrogen-bond donors (Lipinski definition) is 1. The zero-order valence-corrected chi connectivity index (χ0v) is 10.1. The maximum atomic E-state index is 5.44. The SMILES string of the molecule is CCCNC(=S)N1CCOCC1(C)C. The first kappa shape index (κ1) is 11.7. The molecule has 0 bridgehead atoms. The van der Waals surface area contributed by atoms with Crippen LogP contribution in [0.5, 0.6) is 0 Å². The van der Waals surface area contributed by atoms with Crippen LogP contribution in [0.25, 0.3) is 0 Å². The van der Waals surface area contributed by atoms with Gasteiger partial charge in [-0.2, -0.15) is 0 Å². The summed E-state index contributed by atoms with van der Waals surface area (Å²) in [6.45, 7) is 9.82. The van der Waals surface area contributed by atoms with E-state index in [1.807, 2.05) is 0 Å². The van der Waals surface area contributed by atoms with Crippen molar-refractivity contribution in [3.8, 4) is 0 Å². The van der Waals surface area contributed by atoms with E-state index in [0.29, 0.717) is 0 Å². The van der Waals surface area contributed by atoms with Crippen LogP contribution >= 0.6 is 12.2 Å². The average Bonchev–Trinajstić information content (AvgIpc) is 2.13. The standard InChI is InChI=1S/C10H20N2OS/c1-4-5-11-9(14)12-6-7-13-8-10(12,2)3/h4-8H2,1-3H3,(H,11,14). The van der Waals surface area contributed by atoms with Crippen LogP contribution in [0.15, 0.2) is 0 Å². The van der Waals surface area contributed by atoms with Gasteiger partial charge in [-0.15, -0.1) is 0 Å². The Morgan fingerprint density at radius 3 is 2.86 bits per heavy atom. The minimum atomic E-state index is 0.0239. The highest BCUT2D eigenvalue weighted by atomic mass is 32.1. The molecule has 1 saturated heterocycles. The Kier molecular flexibility index (Phi) is 4.13. The molecular weight excluding hydrogens is 196 g/mol. The maximum Gasteiger partial charge on any atom is 0.169 e. The van der Waals surface area contributed by atoms with Gasteiger partial charge in [0, 0.05) is 13.1 Å². The maximum absolute atomic E-state index is 5.44. The molecule has 0 atom stereocenters. The molecule has 1 aliphatic rings. The second kappa shape index (κ2) is 4.94. The fourth-order valence-corrected chi connectivity index (χ4v) is 2.00. The lowest BCUT2D eigenvalue weighted by molar-refractivity contribution is -0.0152. The third-order valence-corrected chi connectivity index (χ3v) is 2.78. The van der Waals surface area contributed by atoms with Gasteiger partial charge < -0.3 is 15.0 Å². The summed E-state index contributed by atoms with van der Waals surface area (Å²) in [6.07, 6.45) is 1.10. The number of ether oxygens (including phenoxy) is 1. The summed E-state index contributed by atoms with van der Waals surface area (Å²) in [7, 11) is 0. The van der Waals surface area contributed by atoms with E-state index in [0.717, 1.165) is 37.8 Å². The molecule has 0 aromatic heterocycles. The Bertz CT molecular complexity index is 206. The predicted octanol–water partition coefficient (Wildman–Crippen LogP) is 1.38. The number of hydrogen-bond acceptors (Lipinski definition) is 2. The molecule has 1 rings (SSSR count). The number of thiocarbonyl (C=S) groups is 1. The fourth-order valence-electron chi connectivity index (χ4n) is 1.56. The van der Waals surface area contributed by atoms with Gasteiger partial charge >= 0.3 is 0 Å². The molecule has 1 heterocycles. The highest BCUT2D eigenvalue weighted by molar-refractivity contribution is 7.80. The molecule has 3 nitrogen and oxygen atoms in total. The van der Waals surface area contributed by atoms with Crippen LogP contribution in [-0.4, -0.2) is 41.9 Å². The largest absolute Gasteiger partial charge is 0.377 e. The van der Waals surface area contributed by atoms with Crippen molar-refractivity contribution >= 4 is 17.3 Å². The van der Waals surface area contributed by atoms with E-state index in [1.165, 1.54) is 0 Å². The Morgan fingerprint density at radius 2 is 2.29 bits per heavy atom. The second-order valence-electron chi connectivity index (χ2n) is 4.25. The van der Waals surface area contributed by atoms with Crippen molar-refractivity contribution in [3.05, 3.63) is 0 Å². The van der Waals surface area contributed by atoms with Gasteiger partial charge in [-0.05, 0) is 32.5 Å². The molecule has 0 aliphatic carbocycles. The second-order valence-corrected chi connectivity index (χ2v) is 4.64. The molecule has 1 fully saturated rings. The third kappa shape index (κ3) is 2.82. The molecule has 4 heteroatoms. The van der Waals surface area contributed by atoms with Crippen LogP contribution in [-0.2, 0) is 4.74 Å². The predicted molar refractivity (Wildman–Crippen MR) is 62.5 cm³/mol. The van der Waals surface area contributed by atoms with E-state index >= 15 is 0 Å². The molecule has 0 saturated carbocycles. The average molecular weight is 216 g/mol. The molecular formula is C10H20N2OS. The van der Waals surface area contributed by atoms with Gasteiger partial charge in [0.15, 0.2) is 5.11 Å². The molecule has 0 aromatic carbocycles. The Hall–Kier alpha value is -0.350. The van der Waals surface area contributed by atoms with Crippen molar-refractivity contribution in [2.45, 2.75) is 32.7 Å². The zero-order valence-electron chi connectivity index (χ0n) is 9.30. The summed E-state index contributed by atoms with van der Waals surface area (Å²) in [5.74, 6) is 0. The van der Waals surface area contributed by atoms with E-state index in [9.17, 15) is 0 Å². The number of rotatable bonds is 2. The van der Waals surface area contributed by atoms with E-state index in [4.69, 9.17) is 17.0 Å². The first-order valence-corrected chi connectivity index (χ1v) is 5.62. The van der Waals surface area contributed by atoms with Crippen molar-refractivity contribution in [1.29, 1.82) is 0 Å². The molecule has 0 unspecified atom stereocenters. The highest BCUT2D eigenvalue weighted by Gasteiger charge is 2.31. The van der Waals surface area contributed by atoms with Crippen LogP contribution in [0.1, 0.15) is 27.2 Å². The Balaban J connectivity index is 2.51. The molecule has 14 heavy (non-hydrogen) atoms. The smallest absolute Gasteiger partial charge is 0.169 e. The lowest BCUT2D eigenvalue weighted by Gasteiger charge is -2.43. The van der Waals surface area contributed by atoms with Crippen LogP contribution in [0.3, 0.4) is 0 Å². The summed E-state index contributed by atoms with van der Waals surface area (Å²) in [5.41, 5.74) is 0.0239. The lowest BCUT2D eigenvalue weighted by atomic mass is 10.0. The molecule has 0 spiro atoms. The number of morpholine rings is 1. The summed E-state index contributed by atoms with van der Waals surface area (Å²) in [4.78, 5) is 2.22. The first-order chi connectivity index (χ1) is 6.58. The normalized spacial score (nSPS) is 20.6. The van der Waals surface area contributed by atoms with Crippen LogP contribution in [0.4, 0.5) is 0 Å². The summed E-state index contributed by atoms with van der Waals surface area (Å²) in [5, 5.41) is 4.12. The van der Waals surface area contributed by atoms with E-state index in [1.54, 1.807) is 0 Å². The number of nitrogens with one attached hydrogen (secondary N) is 1. The van der Waals surface area contributed by atoms with Gasteiger partial charge in [-0.25, -0.2) is 0 Å². The van der Waals surface area contributed by atoms with Crippen LogP contribution in [0.2, 0.25) is 0 Å². The van der Waals surface area contributed by atoms with Crippen molar-refractivity contribution in [2.24, 2.45) is 0 Å². The summed E-state index contributed by atoms with van der Waals surface area (Å²) >= 11 is 5.35. The Labute approximate surface area is 91.8 Å². The van der Waals surface area contributed by atoms with E-state index in [2.05, 4.69) is 31.0 Å². The zero-order chi connectivity index (χ0) is 10.6. The van der Waals surface area contributed by atoms with Gasteiger partial charge in [0.1, 0.15) is 0 Å². The summed E-state index contributed by atoms with van der Waals surface area (Å²) < 4.78 is 5.44. The monoisotopic (exact) mass is 216 g/mol. The highest BCUT2D eigenvalue weighted by Crippen LogP contribution is 2.18. The summed E-state index contributed by atoms with van der Waals surface area (Å²) in [6, 6.07) is 0. The van der Waals surface area contributed by atoms with Gasteiger partial charge in [0.25, 0.3) is 0 Å². The lowest BCUT2D eigenvalue weighted by Crippen LogP contribution is -2.58. The van der Waals surface area contributed by atoms with Crippen molar-refractivity contribution in [1.82, 2.24) is 10.2 Å². The fraction of sp³-hybridized carbons (Fsp3) is 0.900. The molecule has 0 aromatic rings. The van der Waals surface area contributed by atoms with Crippen molar-refractivity contribution < 1.29 is 4.74 Å². The molecule has 1 N–H and O–H groups in total. The van der Waals surface area contributed by atoms with Gasteiger partial charge in [0.2, 0.25) is 0 Å². The third-order valence-electron chi connectivity index (χ3n) is 2.42. The minimum Gasteiger partial charge on any atom is -0.377 e. The topological polar surface area (TPSA) is 24.5 Å². The molecule has 0 radical (unpaired) electrons. The van der Waals surface area contributed by atoms with Crippen LogP contribution in [0, 0.1) is 0 Å². The quantitative estimate of drug-likeness (QED) is 0.705. The van der Waals surface area contributed by atoms with Gasteiger partial charge in [-0.3, -0.25) is 0 Å². The van der Waals surface area contributed by atoms with Gasteiger partial charge in [0.05, 0.1) is 18.8 Å². The Morgan fingerprint density at radius 1 is 1.57 bits per heavy atom. The molecule has 82 valence electrons. The van der Waals surface area contributed by atoms with Gasteiger partial charge in [-0.1, -0.05) is 6.92 Å². The molecule has 1 aliphatic heterocycles. The minimum absolute atomic E-state index is 0.0239. The van der Waals surface area contributed by atoms with Crippen LogP contribution < -0.4 is 5.32 Å². The van der Waals surface area contributed by atoms with Crippen molar-refractivity contribution in [3.63, 3.8) is 0 Å². The first-order valence-electron chi connectivity index (χ1n) is 5.21. The molecule has 0 amide bonds. The van der Waals surface area contributed by atoms with E-state index in [-0.39, 0.29) is 5.54 Å².